The zero-order chi connectivity index (χ0) is 12.4. The van der Waals surface area contributed by atoms with Crippen LogP contribution in [0.3, 0.4) is 0 Å². The Labute approximate surface area is 103 Å². The molecule has 0 atom stereocenters. The van der Waals surface area contributed by atoms with Crippen LogP contribution in [0.5, 0.6) is 0 Å². The van der Waals surface area contributed by atoms with E-state index in [0.29, 0.717) is 17.6 Å². The molecule has 3 aromatic rings. The zero-order valence-electron chi connectivity index (χ0n) is 9.61. The molecule has 0 aliphatic carbocycles. The fourth-order valence-electron chi connectivity index (χ4n) is 1.80. The van der Waals surface area contributed by atoms with Crippen molar-refractivity contribution in [2.45, 2.75) is 6.54 Å². The maximum atomic E-state index is 11.8. The Morgan fingerprint density at radius 3 is 2.56 bits per heavy atom. The van der Waals surface area contributed by atoms with E-state index in [-0.39, 0.29) is 0 Å². The lowest BCUT2D eigenvalue weighted by Gasteiger charge is -1.95. The van der Waals surface area contributed by atoms with Crippen LogP contribution in [0, 0.1) is 0 Å². The zero-order valence-corrected chi connectivity index (χ0v) is 9.61. The maximum Gasteiger partial charge on any atom is 0.628 e. The average Bonchev–Trinajstić information content (AvgIpc) is 2.41. The molecule has 0 aliphatic rings. The third-order valence-corrected chi connectivity index (χ3v) is 2.68. The Hall–Kier alpha value is -2.49. The number of rotatable bonds is 2. The highest BCUT2D eigenvalue weighted by atomic mass is 16.4. The second-order valence-corrected chi connectivity index (χ2v) is 3.98. The first kappa shape index (κ1) is 10.7. The highest BCUT2D eigenvalue weighted by Crippen LogP contribution is 2.05. The normalized spacial score (nSPS) is 10.7. The minimum atomic E-state index is -0.447. The molecule has 0 saturated heterocycles. The van der Waals surface area contributed by atoms with Gasteiger partial charge in [-0.3, -0.25) is 0 Å². The summed E-state index contributed by atoms with van der Waals surface area (Å²) in [6.07, 6.45) is 0. The molecule has 0 radical (unpaired) electrons. The van der Waals surface area contributed by atoms with E-state index in [1.165, 1.54) is 4.68 Å². The van der Waals surface area contributed by atoms with Gasteiger partial charge in [0.05, 0.1) is 0 Å². The number of nitrogens with zero attached hydrogens (tertiary/aromatic N) is 2. The Morgan fingerprint density at radius 2 is 1.72 bits per heavy atom. The first-order chi connectivity index (χ1) is 8.83. The van der Waals surface area contributed by atoms with Gasteiger partial charge in [-0.1, -0.05) is 42.5 Å². The summed E-state index contributed by atoms with van der Waals surface area (Å²) in [6.45, 7) is 0.411. The van der Waals surface area contributed by atoms with E-state index in [9.17, 15) is 4.79 Å². The van der Waals surface area contributed by atoms with E-state index in [1.807, 2.05) is 48.5 Å². The highest BCUT2D eigenvalue weighted by Gasteiger charge is 2.14. The largest absolute Gasteiger partial charge is 0.628 e. The van der Waals surface area contributed by atoms with Gasteiger partial charge in [0.15, 0.2) is 11.1 Å². The molecule has 0 spiro atoms. The predicted molar refractivity (Wildman–Crippen MR) is 66.0 cm³/mol. The van der Waals surface area contributed by atoms with Gasteiger partial charge in [-0.25, -0.2) is 0 Å². The van der Waals surface area contributed by atoms with Gasteiger partial charge in [0.2, 0.25) is 6.54 Å². The van der Waals surface area contributed by atoms with Gasteiger partial charge < -0.3 is 4.42 Å². The first-order valence-corrected chi connectivity index (χ1v) is 5.67. The van der Waals surface area contributed by atoms with Crippen LogP contribution in [0.4, 0.5) is 0 Å². The summed E-state index contributed by atoms with van der Waals surface area (Å²) in [6, 6.07) is 16.9. The van der Waals surface area contributed by atoms with Crippen LogP contribution in [-0.2, 0) is 6.54 Å². The van der Waals surface area contributed by atoms with Crippen molar-refractivity contribution in [2.75, 3.05) is 0 Å². The molecule has 3 rings (SSSR count). The van der Waals surface area contributed by atoms with Gasteiger partial charge in [-0.05, 0) is 16.8 Å². The lowest BCUT2D eigenvalue weighted by atomic mass is 10.2. The quantitative estimate of drug-likeness (QED) is 0.637. The summed E-state index contributed by atoms with van der Waals surface area (Å²) < 4.78 is 6.54. The van der Waals surface area contributed by atoms with Crippen LogP contribution in [-0.4, -0.2) is 5.10 Å². The molecule has 1 aromatic heterocycles. The molecule has 4 nitrogen and oxygen atoms in total. The van der Waals surface area contributed by atoms with E-state index in [2.05, 4.69) is 5.10 Å². The van der Waals surface area contributed by atoms with E-state index >= 15 is 0 Å². The van der Waals surface area contributed by atoms with Crippen LogP contribution >= 0.6 is 0 Å². The minimum Gasteiger partial charge on any atom is -0.368 e. The van der Waals surface area contributed by atoms with E-state index in [1.54, 1.807) is 6.07 Å². The molecule has 18 heavy (non-hydrogen) atoms. The summed E-state index contributed by atoms with van der Waals surface area (Å²) >= 11 is 0. The van der Waals surface area contributed by atoms with E-state index < -0.39 is 5.76 Å². The number of hydrogen-bond donors (Lipinski definition) is 0. The number of benzene rings is 2. The number of hydrogen-bond acceptors (Lipinski definition) is 3. The van der Waals surface area contributed by atoms with Crippen LogP contribution in [0.1, 0.15) is 5.56 Å². The van der Waals surface area contributed by atoms with Gasteiger partial charge in [-0.15, -0.1) is 0 Å². The first-order valence-electron chi connectivity index (χ1n) is 5.67. The van der Waals surface area contributed by atoms with Crippen molar-refractivity contribution >= 4 is 11.1 Å². The lowest BCUT2D eigenvalue weighted by molar-refractivity contribution is -0.767. The monoisotopic (exact) mass is 239 g/mol. The van der Waals surface area contributed by atoms with Crippen molar-refractivity contribution in [1.29, 1.82) is 0 Å². The van der Waals surface area contributed by atoms with Gasteiger partial charge in [0.25, 0.3) is 0 Å². The van der Waals surface area contributed by atoms with Crippen molar-refractivity contribution in [3.63, 3.8) is 0 Å². The molecule has 0 amide bonds. The van der Waals surface area contributed by atoms with Crippen LogP contribution in [0.2, 0.25) is 0 Å². The van der Waals surface area contributed by atoms with E-state index in [0.717, 1.165) is 5.56 Å². The molecule has 0 bridgehead atoms. The number of fused-ring (bicyclic) bond motifs is 1. The average molecular weight is 239 g/mol. The van der Waals surface area contributed by atoms with E-state index in [4.69, 9.17) is 4.42 Å². The lowest BCUT2D eigenvalue weighted by Crippen LogP contribution is -2.52. The second-order valence-electron chi connectivity index (χ2n) is 3.98. The molecule has 0 N–H and O–H groups in total. The minimum absolute atomic E-state index is 0.411. The number of aromatic nitrogens is 2. The van der Waals surface area contributed by atoms with Crippen molar-refractivity contribution in [3.05, 3.63) is 70.7 Å². The fraction of sp³-hybridized carbons (Fsp3) is 0.0714. The second kappa shape index (κ2) is 4.41. The summed E-state index contributed by atoms with van der Waals surface area (Å²) in [7, 11) is 0. The molecule has 0 fully saturated rings. The smallest absolute Gasteiger partial charge is 0.368 e. The van der Waals surface area contributed by atoms with Gasteiger partial charge in [-0.2, -0.15) is 4.79 Å². The third kappa shape index (κ3) is 2.00. The predicted octanol–water partition coefficient (Wildman–Crippen LogP) is 1.52. The molecular weight excluding hydrogens is 228 g/mol. The summed E-state index contributed by atoms with van der Waals surface area (Å²) in [5.41, 5.74) is 2.19. The van der Waals surface area contributed by atoms with Crippen LogP contribution in [0.25, 0.3) is 11.1 Å². The van der Waals surface area contributed by atoms with Crippen molar-refractivity contribution in [3.8, 4) is 0 Å². The van der Waals surface area contributed by atoms with Gasteiger partial charge in [0.1, 0.15) is 0 Å². The summed E-state index contributed by atoms with van der Waals surface area (Å²) in [5.74, 6) is -0.447. The molecule has 0 saturated carbocycles. The fourth-order valence-corrected chi connectivity index (χ4v) is 1.80. The Balaban J connectivity index is 2.07. The van der Waals surface area contributed by atoms with Crippen LogP contribution < -0.4 is 10.4 Å². The summed E-state index contributed by atoms with van der Waals surface area (Å²) in [4.78, 5) is 11.8. The Morgan fingerprint density at radius 1 is 1.00 bits per heavy atom. The molecule has 0 unspecified atom stereocenters. The van der Waals surface area contributed by atoms with Gasteiger partial charge in [0, 0.05) is 10.7 Å². The van der Waals surface area contributed by atoms with Gasteiger partial charge >= 0.3 is 5.76 Å². The molecule has 88 valence electrons. The SMILES string of the molecule is O=c1oc2ccccc2n[n+]1Cc1ccccc1. The van der Waals surface area contributed by atoms with Crippen molar-refractivity contribution in [2.24, 2.45) is 0 Å². The molecule has 2 aromatic carbocycles. The third-order valence-electron chi connectivity index (χ3n) is 2.68. The Kier molecular flexibility index (Phi) is 2.61. The molecular formula is C14H11N2O2+. The summed E-state index contributed by atoms with van der Waals surface area (Å²) in [5, 5.41) is 4.28. The van der Waals surface area contributed by atoms with Crippen molar-refractivity contribution in [1.82, 2.24) is 5.10 Å². The number of para-hydroxylation sites is 1. The molecule has 4 heteroatoms. The van der Waals surface area contributed by atoms with Crippen molar-refractivity contribution < 1.29 is 9.10 Å². The molecule has 1 heterocycles. The maximum absolute atomic E-state index is 11.8. The standard InChI is InChI=1S/C14H11N2O2/c17-14-16(10-11-6-2-1-3-7-11)15-12-8-4-5-9-13(12)18-14/h1-9H,10H2/q+1. The topological polar surface area (TPSA) is 47.0 Å². The highest BCUT2D eigenvalue weighted by molar-refractivity contribution is 5.69. The van der Waals surface area contributed by atoms with Crippen LogP contribution in [0.15, 0.2) is 63.8 Å². The molecule has 0 aliphatic heterocycles. The Bertz CT molecular complexity index is 735.